The Bertz CT molecular complexity index is 610. The molecule has 21 heavy (non-hydrogen) atoms. The smallest absolute Gasteiger partial charge is 0.253 e. The van der Waals surface area contributed by atoms with Crippen molar-refractivity contribution in [2.75, 3.05) is 11.9 Å². The van der Waals surface area contributed by atoms with Crippen molar-refractivity contribution < 1.29 is 9.18 Å². The number of hydrogen-bond donors (Lipinski definition) is 2. The van der Waals surface area contributed by atoms with E-state index in [1.54, 1.807) is 18.2 Å². The van der Waals surface area contributed by atoms with E-state index in [2.05, 4.69) is 10.6 Å². The molecule has 4 heteroatoms. The van der Waals surface area contributed by atoms with Crippen LogP contribution in [0.15, 0.2) is 48.5 Å². The molecular formula is C17H19FN2O. The van der Waals surface area contributed by atoms with Crippen LogP contribution in [-0.2, 0) is 0 Å². The molecule has 0 aliphatic heterocycles. The van der Waals surface area contributed by atoms with Gasteiger partial charge < -0.3 is 10.6 Å². The van der Waals surface area contributed by atoms with Crippen molar-refractivity contribution in [3.63, 3.8) is 0 Å². The quantitative estimate of drug-likeness (QED) is 0.879. The van der Waals surface area contributed by atoms with Gasteiger partial charge in [0.05, 0.1) is 11.6 Å². The van der Waals surface area contributed by atoms with Crippen LogP contribution in [0.4, 0.5) is 10.1 Å². The zero-order chi connectivity index (χ0) is 15.2. The maximum absolute atomic E-state index is 12.9. The minimum Gasteiger partial charge on any atom is -0.385 e. The summed E-state index contributed by atoms with van der Waals surface area (Å²) in [6.45, 7) is 4.61. The molecule has 0 spiro atoms. The highest BCUT2D eigenvalue weighted by atomic mass is 19.1. The van der Waals surface area contributed by atoms with E-state index < -0.39 is 0 Å². The van der Waals surface area contributed by atoms with Crippen LogP contribution in [0.2, 0.25) is 0 Å². The van der Waals surface area contributed by atoms with E-state index in [1.807, 2.05) is 32.0 Å². The third-order valence-electron chi connectivity index (χ3n) is 3.26. The molecule has 0 unspecified atom stereocenters. The molecule has 3 nitrogen and oxygen atoms in total. The lowest BCUT2D eigenvalue weighted by Crippen LogP contribution is -2.27. The Morgan fingerprint density at radius 3 is 2.48 bits per heavy atom. The molecule has 0 aliphatic rings. The molecule has 0 aromatic heterocycles. The second-order valence-electron chi connectivity index (χ2n) is 4.82. The summed E-state index contributed by atoms with van der Waals surface area (Å²) in [6, 6.07) is 13.3. The van der Waals surface area contributed by atoms with Crippen molar-refractivity contribution in [1.82, 2.24) is 5.32 Å². The van der Waals surface area contributed by atoms with Gasteiger partial charge in [-0.3, -0.25) is 4.79 Å². The van der Waals surface area contributed by atoms with Crippen molar-refractivity contribution >= 4 is 11.6 Å². The Morgan fingerprint density at radius 1 is 1.14 bits per heavy atom. The first-order chi connectivity index (χ1) is 10.1. The molecule has 0 fully saturated rings. The summed E-state index contributed by atoms with van der Waals surface area (Å²) in [4.78, 5) is 12.4. The molecule has 2 aromatic rings. The van der Waals surface area contributed by atoms with Crippen LogP contribution in [0.25, 0.3) is 0 Å². The number of halogens is 1. The Kier molecular flexibility index (Phi) is 4.93. The van der Waals surface area contributed by atoms with E-state index in [0.29, 0.717) is 5.56 Å². The zero-order valence-electron chi connectivity index (χ0n) is 12.2. The molecule has 2 rings (SSSR count). The molecule has 0 aliphatic carbocycles. The summed E-state index contributed by atoms with van der Waals surface area (Å²) >= 11 is 0. The van der Waals surface area contributed by atoms with Crippen molar-refractivity contribution in [3.8, 4) is 0 Å². The predicted molar refractivity (Wildman–Crippen MR) is 82.9 cm³/mol. The normalized spacial score (nSPS) is 11.8. The van der Waals surface area contributed by atoms with Crippen LogP contribution in [0.3, 0.4) is 0 Å². The highest BCUT2D eigenvalue weighted by Gasteiger charge is 2.14. The molecule has 0 saturated heterocycles. The van der Waals surface area contributed by atoms with E-state index in [9.17, 15) is 9.18 Å². The molecular weight excluding hydrogens is 267 g/mol. The molecule has 0 bridgehead atoms. The summed E-state index contributed by atoms with van der Waals surface area (Å²) in [5, 5.41) is 6.10. The number of nitrogens with one attached hydrogen (secondary N) is 2. The van der Waals surface area contributed by atoms with Crippen molar-refractivity contribution in [1.29, 1.82) is 0 Å². The van der Waals surface area contributed by atoms with E-state index in [4.69, 9.17) is 0 Å². The van der Waals surface area contributed by atoms with Gasteiger partial charge in [-0.1, -0.05) is 24.3 Å². The molecule has 0 heterocycles. The standard InChI is InChI=1S/C17H19FN2O/c1-3-19-16-7-5-4-6-15(16)17(21)20-12(2)13-8-10-14(18)11-9-13/h4-12,19H,3H2,1-2H3,(H,20,21)/t12-/m1/s1. The van der Waals surface area contributed by atoms with Crippen molar-refractivity contribution in [2.24, 2.45) is 0 Å². The third-order valence-corrected chi connectivity index (χ3v) is 3.26. The first-order valence-electron chi connectivity index (χ1n) is 7.01. The van der Waals surface area contributed by atoms with Gasteiger partial charge in [0.1, 0.15) is 5.82 Å². The number of para-hydroxylation sites is 1. The maximum atomic E-state index is 12.9. The topological polar surface area (TPSA) is 41.1 Å². The number of hydrogen-bond acceptors (Lipinski definition) is 2. The number of amides is 1. The monoisotopic (exact) mass is 286 g/mol. The summed E-state index contributed by atoms with van der Waals surface area (Å²) in [5.74, 6) is -0.432. The molecule has 0 radical (unpaired) electrons. The van der Waals surface area contributed by atoms with E-state index in [-0.39, 0.29) is 17.8 Å². The van der Waals surface area contributed by atoms with Gasteiger partial charge >= 0.3 is 0 Å². The van der Waals surface area contributed by atoms with Crippen molar-refractivity contribution in [3.05, 3.63) is 65.5 Å². The number of carbonyl (C=O) groups excluding carboxylic acids is 1. The molecule has 2 N–H and O–H groups in total. The zero-order valence-corrected chi connectivity index (χ0v) is 12.2. The highest BCUT2D eigenvalue weighted by Crippen LogP contribution is 2.18. The van der Waals surface area contributed by atoms with Gasteiger partial charge in [0.15, 0.2) is 0 Å². The van der Waals surface area contributed by atoms with Crippen LogP contribution in [0.1, 0.15) is 35.8 Å². The summed E-state index contributed by atoms with van der Waals surface area (Å²) in [7, 11) is 0. The minimum atomic E-state index is -0.283. The number of carbonyl (C=O) groups is 1. The average Bonchev–Trinajstić information content (AvgIpc) is 2.48. The Hall–Kier alpha value is -2.36. The van der Waals surface area contributed by atoms with Gasteiger partial charge in [0.25, 0.3) is 5.91 Å². The number of benzene rings is 2. The SMILES string of the molecule is CCNc1ccccc1C(=O)N[C@H](C)c1ccc(F)cc1. The lowest BCUT2D eigenvalue weighted by Gasteiger charge is -2.16. The lowest BCUT2D eigenvalue weighted by atomic mass is 10.1. The molecule has 110 valence electrons. The predicted octanol–water partition coefficient (Wildman–Crippen LogP) is 3.75. The van der Waals surface area contributed by atoms with Crippen molar-refractivity contribution in [2.45, 2.75) is 19.9 Å². The fraction of sp³-hybridized carbons (Fsp3) is 0.235. The van der Waals surface area contributed by atoms with Gasteiger partial charge in [-0.25, -0.2) is 4.39 Å². The fourth-order valence-electron chi connectivity index (χ4n) is 2.13. The Labute approximate surface area is 124 Å². The fourth-order valence-corrected chi connectivity index (χ4v) is 2.13. The third kappa shape index (κ3) is 3.81. The number of anilines is 1. The summed E-state index contributed by atoms with van der Waals surface area (Å²) in [6.07, 6.45) is 0. The van der Waals surface area contributed by atoms with Crippen LogP contribution < -0.4 is 10.6 Å². The van der Waals surface area contributed by atoms with E-state index >= 15 is 0 Å². The second kappa shape index (κ2) is 6.88. The Balaban J connectivity index is 2.12. The van der Waals surface area contributed by atoms with Gasteiger partial charge in [0.2, 0.25) is 0 Å². The van der Waals surface area contributed by atoms with Crippen LogP contribution in [0, 0.1) is 5.82 Å². The van der Waals surface area contributed by atoms with E-state index in [1.165, 1.54) is 12.1 Å². The maximum Gasteiger partial charge on any atom is 0.253 e. The van der Waals surface area contributed by atoms with Gasteiger partial charge in [-0.05, 0) is 43.7 Å². The number of rotatable bonds is 5. The summed E-state index contributed by atoms with van der Waals surface area (Å²) in [5.41, 5.74) is 2.28. The second-order valence-corrected chi connectivity index (χ2v) is 4.82. The minimum absolute atomic E-state index is 0.150. The first-order valence-corrected chi connectivity index (χ1v) is 7.01. The highest BCUT2D eigenvalue weighted by molar-refractivity contribution is 5.99. The first kappa shape index (κ1) is 15.0. The largest absolute Gasteiger partial charge is 0.385 e. The molecule has 1 atom stereocenters. The van der Waals surface area contributed by atoms with Crippen LogP contribution in [-0.4, -0.2) is 12.5 Å². The van der Waals surface area contributed by atoms with E-state index in [0.717, 1.165) is 17.8 Å². The molecule has 0 saturated carbocycles. The Morgan fingerprint density at radius 2 is 1.81 bits per heavy atom. The van der Waals surface area contributed by atoms with Crippen LogP contribution in [0.5, 0.6) is 0 Å². The summed E-state index contributed by atoms with van der Waals surface area (Å²) < 4.78 is 12.9. The average molecular weight is 286 g/mol. The van der Waals surface area contributed by atoms with Gasteiger partial charge in [0, 0.05) is 12.2 Å². The van der Waals surface area contributed by atoms with Crippen LogP contribution >= 0.6 is 0 Å². The van der Waals surface area contributed by atoms with Gasteiger partial charge in [-0.2, -0.15) is 0 Å². The van der Waals surface area contributed by atoms with Gasteiger partial charge in [-0.15, -0.1) is 0 Å². The molecule has 2 aromatic carbocycles. The lowest BCUT2D eigenvalue weighted by molar-refractivity contribution is 0.0940. The molecule has 1 amide bonds.